The molecule has 12 heteroatoms. The van der Waals surface area contributed by atoms with Crippen LogP contribution in [0.3, 0.4) is 0 Å². The maximum Gasteiger partial charge on any atom is 0.475 e. The second kappa shape index (κ2) is 5.45. The molecular formula is C12H16N5O6P. The summed E-state index contributed by atoms with van der Waals surface area (Å²) in [5, 5.41) is 10.6. The van der Waals surface area contributed by atoms with Crippen LogP contribution in [0.1, 0.15) is 13.2 Å². The second-order valence-corrected chi connectivity index (χ2v) is 7.26. The Labute approximate surface area is 136 Å². The zero-order chi connectivity index (χ0) is 17.1. The van der Waals surface area contributed by atoms with Gasteiger partial charge in [0.15, 0.2) is 17.7 Å². The topological polar surface area (TPSA) is 144 Å². The third kappa shape index (κ3) is 2.25. The molecule has 0 aliphatic carbocycles. The van der Waals surface area contributed by atoms with Gasteiger partial charge in [-0.2, -0.15) is 0 Å². The summed E-state index contributed by atoms with van der Waals surface area (Å²) in [5.74, 6) is 0.223. The molecule has 24 heavy (non-hydrogen) atoms. The van der Waals surface area contributed by atoms with Crippen molar-refractivity contribution in [3.63, 3.8) is 0 Å². The van der Waals surface area contributed by atoms with Gasteiger partial charge in [-0.3, -0.25) is 18.1 Å². The number of aromatic nitrogens is 4. The molecule has 130 valence electrons. The Morgan fingerprint density at radius 3 is 2.88 bits per heavy atom. The second-order valence-electron chi connectivity index (χ2n) is 5.58. The lowest BCUT2D eigenvalue weighted by atomic mass is 10.1. The smallest absolute Gasteiger partial charge is 0.386 e. The third-order valence-corrected chi connectivity index (χ3v) is 5.68. The van der Waals surface area contributed by atoms with Crippen molar-refractivity contribution in [1.29, 1.82) is 0 Å². The van der Waals surface area contributed by atoms with Gasteiger partial charge in [-0.1, -0.05) is 0 Å². The van der Waals surface area contributed by atoms with E-state index in [0.717, 1.165) is 0 Å². The summed E-state index contributed by atoms with van der Waals surface area (Å²) in [7, 11) is -2.51. The highest BCUT2D eigenvalue weighted by Crippen LogP contribution is 2.58. The van der Waals surface area contributed by atoms with E-state index in [4.69, 9.17) is 24.0 Å². The predicted octanol–water partition coefficient (Wildman–Crippen LogP) is 0.225. The van der Waals surface area contributed by atoms with Crippen molar-refractivity contribution in [2.75, 3.05) is 12.8 Å². The van der Waals surface area contributed by atoms with Gasteiger partial charge in [0.2, 0.25) is 0 Å². The van der Waals surface area contributed by atoms with Crippen LogP contribution in [0.2, 0.25) is 0 Å². The van der Waals surface area contributed by atoms with Gasteiger partial charge in [-0.25, -0.2) is 19.5 Å². The standard InChI is InChI=1S/C12H16N5O6P/c1-5-8-9(23-24(19,20-2)22-5)7(18)12(21-8)17-4-16-6-10(13)14-3-15-11(6)17/h3-5,7-9,12,18H,1-2H3,(H2,13,14,15)/t5-,7+,8+,9-,12+,24?/m0/s1. The summed E-state index contributed by atoms with van der Waals surface area (Å²) in [4.78, 5) is 12.1. The van der Waals surface area contributed by atoms with Crippen molar-refractivity contribution in [3.8, 4) is 0 Å². The molecule has 2 aliphatic rings. The monoisotopic (exact) mass is 357 g/mol. The van der Waals surface area contributed by atoms with E-state index in [0.29, 0.717) is 11.2 Å². The fourth-order valence-corrected chi connectivity index (χ4v) is 4.28. The van der Waals surface area contributed by atoms with E-state index in [1.807, 2.05) is 0 Å². The number of nitrogens with zero attached hydrogens (tertiary/aromatic N) is 4. The van der Waals surface area contributed by atoms with Crippen LogP contribution in [-0.4, -0.2) is 56.2 Å². The fourth-order valence-electron chi connectivity index (χ4n) is 2.99. The van der Waals surface area contributed by atoms with Crippen LogP contribution in [-0.2, 0) is 22.9 Å². The van der Waals surface area contributed by atoms with Crippen LogP contribution in [0.5, 0.6) is 0 Å². The lowest BCUT2D eigenvalue weighted by Crippen LogP contribution is -2.44. The van der Waals surface area contributed by atoms with Crippen LogP contribution >= 0.6 is 7.82 Å². The van der Waals surface area contributed by atoms with Gasteiger partial charge in [-0.05, 0) is 6.92 Å². The summed E-state index contributed by atoms with van der Waals surface area (Å²) >= 11 is 0. The Hall–Kier alpha value is -1.62. The zero-order valence-corrected chi connectivity index (χ0v) is 13.7. The van der Waals surface area contributed by atoms with E-state index < -0.39 is 38.5 Å². The van der Waals surface area contributed by atoms with Crippen molar-refractivity contribution in [2.45, 2.75) is 37.6 Å². The van der Waals surface area contributed by atoms with Gasteiger partial charge in [0.05, 0.1) is 12.4 Å². The van der Waals surface area contributed by atoms with Gasteiger partial charge in [-0.15, -0.1) is 0 Å². The number of ether oxygens (including phenoxy) is 1. The first kappa shape index (κ1) is 15.9. The van der Waals surface area contributed by atoms with E-state index >= 15 is 0 Å². The number of hydrogen-bond acceptors (Lipinski definition) is 10. The molecule has 0 aromatic carbocycles. The molecule has 2 fully saturated rings. The van der Waals surface area contributed by atoms with Crippen molar-refractivity contribution in [3.05, 3.63) is 12.7 Å². The van der Waals surface area contributed by atoms with Gasteiger partial charge in [0, 0.05) is 7.11 Å². The zero-order valence-electron chi connectivity index (χ0n) is 12.8. The van der Waals surface area contributed by atoms with E-state index in [-0.39, 0.29) is 5.82 Å². The molecule has 3 N–H and O–H groups in total. The number of nitrogens with two attached hydrogens (primary N) is 1. The van der Waals surface area contributed by atoms with Crippen LogP contribution in [0.25, 0.3) is 11.2 Å². The number of nitrogen functional groups attached to an aromatic ring is 1. The van der Waals surface area contributed by atoms with Gasteiger partial charge in [0.25, 0.3) is 0 Å². The lowest BCUT2D eigenvalue weighted by molar-refractivity contribution is -0.101. The Kier molecular flexibility index (Phi) is 3.60. The van der Waals surface area contributed by atoms with E-state index in [9.17, 15) is 9.67 Å². The van der Waals surface area contributed by atoms with E-state index in [2.05, 4.69) is 15.0 Å². The van der Waals surface area contributed by atoms with Crippen LogP contribution in [0.4, 0.5) is 5.82 Å². The quantitative estimate of drug-likeness (QED) is 0.716. The molecule has 11 nitrogen and oxygen atoms in total. The Morgan fingerprint density at radius 2 is 2.12 bits per heavy atom. The van der Waals surface area contributed by atoms with Crippen LogP contribution in [0, 0.1) is 0 Å². The highest BCUT2D eigenvalue weighted by Gasteiger charge is 2.56. The Bertz CT molecular complexity index is 829. The first-order valence-corrected chi connectivity index (χ1v) is 8.68. The molecule has 4 rings (SSSR count). The normalized spacial score (nSPS) is 39.2. The van der Waals surface area contributed by atoms with Crippen molar-refractivity contribution >= 4 is 24.8 Å². The third-order valence-electron chi connectivity index (χ3n) is 4.14. The fraction of sp³-hybridized carbons (Fsp3) is 0.583. The highest BCUT2D eigenvalue weighted by molar-refractivity contribution is 7.48. The number of hydrogen-bond donors (Lipinski definition) is 2. The van der Waals surface area contributed by atoms with Gasteiger partial charge in [0.1, 0.15) is 30.2 Å². The number of aliphatic hydroxyl groups is 1. The summed E-state index contributed by atoms with van der Waals surface area (Å²) in [6, 6.07) is 0. The average molecular weight is 357 g/mol. The van der Waals surface area contributed by atoms with E-state index in [1.54, 1.807) is 6.92 Å². The van der Waals surface area contributed by atoms with Crippen molar-refractivity contribution < 1.29 is 28.0 Å². The Morgan fingerprint density at radius 1 is 1.33 bits per heavy atom. The number of rotatable bonds is 2. The lowest BCUT2D eigenvalue weighted by Gasteiger charge is -2.34. The minimum atomic E-state index is -3.73. The molecule has 2 saturated heterocycles. The predicted molar refractivity (Wildman–Crippen MR) is 79.7 cm³/mol. The summed E-state index contributed by atoms with van der Waals surface area (Å²) in [5.41, 5.74) is 6.58. The molecule has 4 heterocycles. The molecule has 0 saturated carbocycles. The Balaban J connectivity index is 1.71. The molecule has 2 aromatic heterocycles. The largest absolute Gasteiger partial charge is 0.475 e. The molecule has 0 spiro atoms. The number of anilines is 1. The minimum absolute atomic E-state index is 0.223. The average Bonchev–Trinajstić information content (AvgIpc) is 3.11. The molecule has 1 unspecified atom stereocenters. The van der Waals surface area contributed by atoms with Gasteiger partial charge < -0.3 is 15.6 Å². The molecule has 0 amide bonds. The summed E-state index contributed by atoms with van der Waals surface area (Å²) in [6.07, 6.45) is -1.33. The van der Waals surface area contributed by atoms with Crippen LogP contribution < -0.4 is 5.73 Å². The molecule has 6 atom stereocenters. The maximum absolute atomic E-state index is 12.3. The molecule has 0 bridgehead atoms. The van der Waals surface area contributed by atoms with Crippen molar-refractivity contribution in [2.24, 2.45) is 0 Å². The highest BCUT2D eigenvalue weighted by atomic mass is 31.2. The molecular weight excluding hydrogens is 341 g/mol. The molecule has 2 aromatic rings. The first-order valence-electron chi connectivity index (χ1n) is 7.22. The summed E-state index contributed by atoms with van der Waals surface area (Å²) in [6.45, 7) is 1.67. The number of aliphatic hydroxyl groups excluding tert-OH is 1. The maximum atomic E-state index is 12.3. The number of fused-ring (bicyclic) bond motifs is 2. The number of imidazole rings is 1. The molecule has 2 aliphatic heterocycles. The van der Waals surface area contributed by atoms with Crippen LogP contribution in [0.15, 0.2) is 12.7 Å². The minimum Gasteiger partial charge on any atom is -0.386 e. The number of phosphoric ester groups is 1. The SMILES string of the molecule is COP1(=O)O[C@H]2[C@@H](O)[C@H](n3cnc4c(N)ncnc43)O[C@@H]2[C@H](C)O1. The summed E-state index contributed by atoms with van der Waals surface area (Å²) < 4.78 is 35.1. The first-order chi connectivity index (χ1) is 11.4. The van der Waals surface area contributed by atoms with E-state index in [1.165, 1.54) is 24.3 Å². The molecule has 0 radical (unpaired) electrons. The number of phosphoric acid groups is 1. The van der Waals surface area contributed by atoms with Crippen molar-refractivity contribution in [1.82, 2.24) is 19.5 Å². The van der Waals surface area contributed by atoms with Gasteiger partial charge >= 0.3 is 7.82 Å².